The molecule has 98 valence electrons. The number of amides is 1. The number of nitrogens with two attached hydrogens (primary N) is 1. The van der Waals surface area contributed by atoms with Gasteiger partial charge in [-0.2, -0.15) is 0 Å². The average molecular weight is 243 g/mol. The van der Waals surface area contributed by atoms with Gasteiger partial charge in [-0.3, -0.25) is 4.79 Å². The van der Waals surface area contributed by atoms with Crippen molar-refractivity contribution < 1.29 is 14.7 Å². The summed E-state index contributed by atoms with van der Waals surface area (Å²) in [5, 5.41) is 14.1. The Morgan fingerprint density at radius 3 is 2.94 bits per heavy atom. The zero-order valence-electron chi connectivity index (χ0n) is 10.2. The third kappa shape index (κ3) is 4.60. The molecule has 1 amide bonds. The number of carbonyl (C=O) groups is 1. The van der Waals surface area contributed by atoms with Crippen molar-refractivity contribution in [2.24, 2.45) is 16.8 Å². The Balaban J connectivity index is 2.08. The van der Waals surface area contributed by atoms with Gasteiger partial charge in [-0.05, 0) is 26.2 Å². The molecule has 2 atom stereocenters. The Morgan fingerprint density at radius 1 is 1.59 bits per heavy atom. The molecule has 0 aromatic rings. The molecule has 0 aromatic heterocycles. The third-order valence-electron chi connectivity index (χ3n) is 3.00. The van der Waals surface area contributed by atoms with Crippen LogP contribution in [0.4, 0.5) is 0 Å². The van der Waals surface area contributed by atoms with Crippen LogP contribution in [-0.4, -0.2) is 36.2 Å². The molecule has 0 radical (unpaired) electrons. The van der Waals surface area contributed by atoms with Crippen LogP contribution in [0.5, 0.6) is 0 Å². The zero-order valence-corrected chi connectivity index (χ0v) is 10.2. The maximum Gasteiger partial charge on any atom is 0.225 e. The minimum atomic E-state index is -0.0147. The van der Waals surface area contributed by atoms with E-state index < -0.39 is 0 Å². The van der Waals surface area contributed by atoms with Crippen LogP contribution in [0.3, 0.4) is 0 Å². The van der Waals surface area contributed by atoms with Crippen LogP contribution in [0.15, 0.2) is 5.16 Å². The van der Waals surface area contributed by atoms with Gasteiger partial charge in [0.05, 0.1) is 12.0 Å². The maximum absolute atomic E-state index is 11.7. The molecule has 1 fully saturated rings. The summed E-state index contributed by atoms with van der Waals surface area (Å²) in [7, 11) is 0. The number of hydrogen-bond acceptors (Lipinski definition) is 4. The second-order valence-corrected chi connectivity index (χ2v) is 4.31. The smallest absolute Gasteiger partial charge is 0.225 e. The lowest BCUT2D eigenvalue weighted by atomic mass is 10.0. The van der Waals surface area contributed by atoms with Crippen molar-refractivity contribution in [1.29, 1.82) is 0 Å². The van der Waals surface area contributed by atoms with E-state index in [2.05, 4.69) is 10.5 Å². The van der Waals surface area contributed by atoms with Crippen LogP contribution in [0.25, 0.3) is 0 Å². The van der Waals surface area contributed by atoms with E-state index in [1.54, 1.807) is 0 Å². The summed E-state index contributed by atoms with van der Waals surface area (Å²) in [4.78, 5) is 11.7. The van der Waals surface area contributed by atoms with Crippen molar-refractivity contribution in [2.75, 3.05) is 13.2 Å². The van der Waals surface area contributed by atoms with E-state index in [9.17, 15) is 4.79 Å². The van der Waals surface area contributed by atoms with Crippen LogP contribution >= 0.6 is 0 Å². The largest absolute Gasteiger partial charge is 0.409 e. The maximum atomic E-state index is 11.7. The number of amidine groups is 1. The molecule has 0 aromatic carbocycles. The second-order valence-electron chi connectivity index (χ2n) is 4.31. The van der Waals surface area contributed by atoms with Crippen LogP contribution in [0.2, 0.25) is 0 Å². The predicted molar refractivity (Wildman–Crippen MR) is 63.8 cm³/mol. The molecule has 0 bridgehead atoms. The lowest BCUT2D eigenvalue weighted by Crippen LogP contribution is -2.34. The Kier molecular flexibility index (Phi) is 5.76. The Hall–Kier alpha value is -1.30. The van der Waals surface area contributed by atoms with Gasteiger partial charge in [-0.25, -0.2) is 0 Å². The minimum Gasteiger partial charge on any atom is -0.409 e. The standard InChI is InChI=1S/C11H21N3O3/c1-8-9(5-7-17-8)11(15)13-6-3-2-4-10(12)14-16/h8-9,16H,2-7H2,1H3,(H2,12,14)(H,13,15). The van der Waals surface area contributed by atoms with E-state index in [4.69, 9.17) is 15.7 Å². The average Bonchev–Trinajstić information content (AvgIpc) is 2.74. The van der Waals surface area contributed by atoms with Gasteiger partial charge in [0.1, 0.15) is 5.84 Å². The molecular weight excluding hydrogens is 222 g/mol. The molecule has 4 N–H and O–H groups in total. The quantitative estimate of drug-likeness (QED) is 0.207. The van der Waals surface area contributed by atoms with E-state index in [1.807, 2.05) is 6.92 Å². The summed E-state index contributed by atoms with van der Waals surface area (Å²) in [6.07, 6.45) is 3.00. The molecule has 0 spiro atoms. The summed E-state index contributed by atoms with van der Waals surface area (Å²) in [6, 6.07) is 0. The van der Waals surface area contributed by atoms with Crippen molar-refractivity contribution in [3.05, 3.63) is 0 Å². The van der Waals surface area contributed by atoms with E-state index >= 15 is 0 Å². The third-order valence-corrected chi connectivity index (χ3v) is 3.00. The van der Waals surface area contributed by atoms with Gasteiger partial charge in [0.2, 0.25) is 5.91 Å². The van der Waals surface area contributed by atoms with Crippen LogP contribution in [0, 0.1) is 5.92 Å². The number of nitrogens with zero attached hydrogens (tertiary/aromatic N) is 1. The van der Waals surface area contributed by atoms with Gasteiger partial charge in [0.25, 0.3) is 0 Å². The molecule has 17 heavy (non-hydrogen) atoms. The monoisotopic (exact) mass is 243 g/mol. The van der Waals surface area contributed by atoms with Gasteiger partial charge < -0.3 is 21.0 Å². The van der Waals surface area contributed by atoms with Crippen molar-refractivity contribution in [2.45, 2.75) is 38.7 Å². The normalized spacial score (nSPS) is 24.9. The first-order chi connectivity index (χ1) is 8.15. The van der Waals surface area contributed by atoms with E-state index in [1.165, 1.54) is 0 Å². The van der Waals surface area contributed by atoms with Crippen molar-refractivity contribution in [1.82, 2.24) is 5.32 Å². The lowest BCUT2D eigenvalue weighted by Gasteiger charge is -2.13. The first kappa shape index (κ1) is 13.8. The van der Waals surface area contributed by atoms with Gasteiger partial charge in [-0.15, -0.1) is 0 Å². The fourth-order valence-electron chi connectivity index (χ4n) is 1.90. The topological polar surface area (TPSA) is 96.9 Å². The summed E-state index contributed by atoms with van der Waals surface area (Å²) in [5.74, 6) is 0.284. The molecule has 1 heterocycles. The fourth-order valence-corrected chi connectivity index (χ4v) is 1.90. The number of ether oxygens (including phenoxy) is 1. The number of hydrogen-bond donors (Lipinski definition) is 3. The summed E-state index contributed by atoms with van der Waals surface area (Å²) < 4.78 is 5.34. The molecular formula is C11H21N3O3. The van der Waals surface area contributed by atoms with Crippen LogP contribution in [0.1, 0.15) is 32.6 Å². The van der Waals surface area contributed by atoms with Crippen LogP contribution in [-0.2, 0) is 9.53 Å². The Labute approximate surface area is 101 Å². The minimum absolute atomic E-state index is 0.0147. The van der Waals surface area contributed by atoms with Gasteiger partial charge >= 0.3 is 0 Å². The molecule has 1 aliphatic rings. The van der Waals surface area contributed by atoms with Crippen molar-refractivity contribution in [3.63, 3.8) is 0 Å². The van der Waals surface area contributed by atoms with Gasteiger partial charge in [-0.1, -0.05) is 5.16 Å². The predicted octanol–water partition coefficient (Wildman–Crippen LogP) is 0.444. The van der Waals surface area contributed by atoms with Gasteiger partial charge in [0, 0.05) is 19.6 Å². The molecule has 0 aliphatic carbocycles. The molecule has 1 aliphatic heterocycles. The van der Waals surface area contributed by atoms with Crippen molar-refractivity contribution >= 4 is 11.7 Å². The highest BCUT2D eigenvalue weighted by molar-refractivity contribution is 5.80. The molecule has 1 saturated heterocycles. The van der Waals surface area contributed by atoms with Crippen LogP contribution < -0.4 is 11.1 Å². The van der Waals surface area contributed by atoms with E-state index in [0.717, 1.165) is 19.3 Å². The number of rotatable bonds is 6. The first-order valence-corrected chi connectivity index (χ1v) is 6.01. The molecule has 2 unspecified atom stereocenters. The highest BCUT2D eigenvalue weighted by Gasteiger charge is 2.30. The zero-order chi connectivity index (χ0) is 12.7. The fraction of sp³-hybridized carbons (Fsp3) is 0.818. The van der Waals surface area contributed by atoms with Gasteiger partial charge in [0.15, 0.2) is 0 Å². The number of unbranched alkanes of at least 4 members (excludes halogenated alkanes) is 1. The first-order valence-electron chi connectivity index (χ1n) is 6.01. The SMILES string of the molecule is CC1OCCC1C(=O)NCCCCC(N)=NO. The lowest BCUT2D eigenvalue weighted by molar-refractivity contribution is -0.126. The van der Waals surface area contributed by atoms with E-state index in [-0.39, 0.29) is 23.8 Å². The summed E-state index contributed by atoms with van der Waals surface area (Å²) in [5.41, 5.74) is 5.33. The molecule has 0 saturated carbocycles. The molecule has 6 heteroatoms. The highest BCUT2D eigenvalue weighted by Crippen LogP contribution is 2.20. The number of nitrogens with one attached hydrogen (secondary N) is 1. The second kappa shape index (κ2) is 7.11. The van der Waals surface area contributed by atoms with E-state index in [0.29, 0.717) is 19.6 Å². The summed E-state index contributed by atoms with van der Waals surface area (Å²) in [6.45, 7) is 3.22. The van der Waals surface area contributed by atoms with Crippen molar-refractivity contribution in [3.8, 4) is 0 Å². The summed E-state index contributed by atoms with van der Waals surface area (Å²) >= 11 is 0. The molecule has 6 nitrogen and oxygen atoms in total. The Bertz CT molecular complexity index is 281. The highest BCUT2D eigenvalue weighted by atomic mass is 16.5. The molecule has 1 rings (SSSR count). The number of oxime groups is 1. The number of carbonyl (C=O) groups excluding carboxylic acids is 1. The Morgan fingerprint density at radius 2 is 2.35 bits per heavy atom.